The van der Waals surface area contributed by atoms with Crippen molar-refractivity contribution in [3.8, 4) is 22.8 Å². The van der Waals surface area contributed by atoms with Gasteiger partial charge in [-0.2, -0.15) is 13.2 Å². The van der Waals surface area contributed by atoms with Crippen LogP contribution in [0.5, 0.6) is 0 Å². The van der Waals surface area contributed by atoms with Crippen LogP contribution in [0.2, 0.25) is 0 Å². The van der Waals surface area contributed by atoms with Crippen LogP contribution in [-0.2, 0) is 15.7 Å². The van der Waals surface area contributed by atoms with E-state index in [2.05, 4.69) is 54.6 Å². The number of halogens is 3. The SMILES string of the molecule is C.C.Cc1ccc2c(N3CCOCC3)nc(-c3ccc(N)cc3)nn12.Nc1cccnc1.O=C(Nc1ccc(-c2nc(N3CCOCC3)c3ccc(C(F)(F)F)n3n2)cc1)Nc1cccnc1. The number of morpholine rings is 2. The molecule has 2 saturated heterocycles. The topological polar surface area (TPSA) is 204 Å². The summed E-state index contributed by atoms with van der Waals surface area (Å²) in [5, 5.41) is 14.2. The number of carbonyl (C=O) groups excluding carboxylic acids is 1. The van der Waals surface area contributed by atoms with Crippen LogP contribution in [0.15, 0.2) is 122 Å². The molecule has 2 aromatic carbocycles. The maximum Gasteiger partial charge on any atom is 0.433 e. The first-order valence-corrected chi connectivity index (χ1v) is 20.6. The van der Waals surface area contributed by atoms with Gasteiger partial charge in [-0.1, -0.05) is 14.9 Å². The molecular weight excluding hydrogens is 866 g/mol. The molecule has 2 aliphatic rings. The monoisotopic (exact) mass is 918 g/mol. The Labute approximate surface area is 385 Å². The van der Waals surface area contributed by atoms with E-state index in [-0.39, 0.29) is 26.2 Å². The quantitative estimate of drug-likeness (QED) is 0.116. The molecule has 2 aliphatic heterocycles. The molecule has 0 radical (unpaired) electrons. The number of aromatic nitrogens is 8. The highest BCUT2D eigenvalue weighted by molar-refractivity contribution is 5.99. The Morgan fingerprint density at radius 3 is 1.63 bits per heavy atom. The summed E-state index contributed by atoms with van der Waals surface area (Å²) in [6.07, 6.45) is 1.84. The first kappa shape index (κ1) is 48.6. The summed E-state index contributed by atoms with van der Waals surface area (Å²) in [6, 6.07) is 27.3. The summed E-state index contributed by atoms with van der Waals surface area (Å²) < 4.78 is 54.6. The number of rotatable bonds is 6. The molecule has 8 aromatic rings. The highest BCUT2D eigenvalue weighted by Crippen LogP contribution is 2.34. The van der Waals surface area contributed by atoms with Gasteiger partial charge in [0.05, 0.1) is 44.0 Å². The molecule has 0 saturated carbocycles. The molecule has 20 heteroatoms. The summed E-state index contributed by atoms with van der Waals surface area (Å²) in [6.45, 7) is 7.13. The number of fused-ring (bicyclic) bond motifs is 2. The molecule has 2 amide bonds. The van der Waals surface area contributed by atoms with Gasteiger partial charge < -0.3 is 41.4 Å². The molecule has 67 heavy (non-hydrogen) atoms. The Morgan fingerprint density at radius 1 is 0.612 bits per heavy atom. The fourth-order valence-corrected chi connectivity index (χ4v) is 7.00. The number of amides is 2. The zero-order chi connectivity index (χ0) is 45.3. The van der Waals surface area contributed by atoms with Crippen molar-refractivity contribution in [2.45, 2.75) is 28.0 Å². The number of nitrogens with one attached hydrogen (secondary N) is 2. The van der Waals surface area contributed by atoms with E-state index in [1.54, 1.807) is 67.1 Å². The van der Waals surface area contributed by atoms with Crippen molar-refractivity contribution in [1.29, 1.82) is 0 Å². The van der Waals surface area contributed by atoms with Crippen LogP contribution in [0.3, 0.4) is 0 Å². The number of anilines is 6. The van der Waals surface area contributed by atoms with E-state index in [9.17, 15) is 18.0 Å². The van der Waals surface area contributed by atoms with Crippen molar-refractivity contribution < 1.29 is 27.4 Å². The lowest BCUT2D eigenvalue weighted by Gasteiger charge is -2.28. The van der Waals surface area contributed by atoms with Gasteiger partial charge in [0.15, 0.2) is 23.3 Å². The first-order chi connectivity index (χ1) is 31.5. The number of nitrogens with two attached hydrogens (primary N) is 2. The molecule has 350 valence electrons. The van der Waals surface area contributed by atoms with Crippen molar-refractivity contribution in [2.24, 2.45) is 0 Å². The highest BCUT2D eigenvalue weighted by atomic mass is 19.4. The third kappa shape index (κ3) is 11.9. The minimum Gasteiger partial charge on any atom is -0.399 e. The van der Waals surface area contributed by atoms with E-state index in [0.29, 0.717) is 60.6 Å². The van der Waals surface area contributed by atoms with Gasteiger partial charge in [-0.25, -0.2) is 23.8 Å². The number of nitrogen functional groups attached to an aromatic ring is 2. The van der Waals surface area contributed by atoms with Crippen LogP contribution in [0.25, 0.3) is 33.8 Å². The molecule has 0 aliphatic carbocycles. The minimum atomic E-state index is -4.57. The fraction of sp³-hybridized carbons (Fsp3) is 0.255. The largest absolute Gasteiger partial charge is 0.433 e. The number of hydrogen-bond donors (Lipinski definition) is 4. The van der Waals surface area contributed by atoms with Crippen LogP contribution in [0.4, 0.5) is 52.4 Å². The Morgan fingerprint density at radius 2 is 1.12 bits per heavy atom. The average molecular weight is 919 g/mol. The van der Waals surface area contributed by atoms with Gasteiger partial charge in [0.2, 0.25) is 0 Å². The smallest absolute Gasteiger partial charge is 0.399 e. The van der Waals surface area contributed by atoms with E-state index < -0.39 is 17.9 Å². The number of hydrogen-bond acceptors (Lipinski definition) is 13. The van der Waals surface area contributed by atoms with Crippen molar-refractivity contribution in [2.75, 3.05) is 84.5 Å². The van der Waals surface area contributed by atoms with Crippen LogP contribution < -0.4 is 31.9 Å². The summed E-state index contributed by atoms with van der Waals surface area (Å²) in [7, 11) is 0. The van der Waals surface area contributed by atoms with Gasteiger partial charge in [0, 0.05) is 73.0 Å². The number of carbonyl (C=O) groups is 1. The molecule has 6 N–H and O–H groups in total. The van der Waals surface area contributed by atoms with Gasteiger partial charge in [0.25, 0.3) is 0 Å². The van der Waals surface area contributed by atoms with Gasteiger partial charge in [0.1, 0.15) is 16.7 Å². The second kappa shape index (κ2) is 21.9. The third-order valence-electron chi connectivity index (χ3n) is 10.3. The number of pyridine rings is 2. The lowest BCUT2D eigenvalue weighted by Crippen LogP contribution is -2.37. The molecule has 10 rings (SSSR count). The number of nitrogens with zero attached hydrogens (tertiary/aromatic N) is 10. The normalized spacial score (nSPS) is 13.6. The second-order valence-electron chi connectivity index (χ2n) is 14.8. The van der Waals surface area contributed by atoms with Crippen molar-refractivity contribution >= 4 is 51.4 Å². The molecule has 0 spiro atoms. The van der Waals surface area contributed by atoms with Gasteiger partial charge >= 0.3 is 12.2 Å². The van der Waals surface area contributed by atoms with E-state index in [1.165, 1.54) is 12.3 Å². The number of alkyl halides is 3. The zero-order valence-electron chi connectivity index (χ0n) is 35.2. The van der Waals surface area contributed by atoms with Crippen molar-refractivity contribution in [3.63, 3.8) is 0 Å². The van der Waals surface area contributed by atoms with Gasteiger partial charge in [-0.15, -0.1) is 10.2 Å². The highest BCUT2D eigenvalue weighted by Gasteiger charge is 2.35. The fourth-order valence-electron chi connectivity index (χ4n) is 7.00. The Hall–Kier alpha value is -7.84. The lowest BCUT2D eigenvalue weighted by molar-refractivity contribution is -0.142. The maximum absolute atomic E-state index is 13.6. The Balaban J connectivity index is 0.000000198. The predicted octanol–water partition coefficient (Wildman–Crippen LogP) is 8.35. The Bertz CT molecular complexity index is 2830. The maximum atomic E-state index is 13.6. The average Bonchev–Trinajstić information content (AvgIpc) is 3.94. The van der Waals surface area contributed by atoms with Crippen LogP contribution in [0.1, 0.15) is 26.2 Å². The summed E-state index contributed by atoms with van der Waals surface area (Å²) in [5.74, 6) is 2.21. The standard InChI is InChI=1S/C23H20F3N7O2.C17H19N5O.C5H6N2.2CH4/c24-23(25,26)19-8-7-18-21(32-10-12-35-13-11-32)30-20(31-33(18)19)15-3-5-16(6-4-15)28-22(34)29-17-2-1-9-27-14-17;1-12-2-7-15-17(21-8-10-23-11-9-21)19-16(20-22(12)15)13-3-5-14(18)6-4-13;6-5-2-1-3-7-4-5;;/h1-9,14H,10-13H2,(H2,28,29,34);2-7H,8-11,18H2,1H3;1-4H,6H2;2*1H4. The van der Waals surface area contributed by atoms with Crippen molar-refractivity contribution in [1.82, 2.24) is 39.2 Å². The summed E-state index contributed by atoms with van der Waals surface area (Å²) in [5.41, 5.74) is 16.5. The molecular formula is C47H53F3N14O3. The van der Waals surface area contributed by atoms with E-state index in [0.717, 1.165) is 65.2 Å². The van der Waals surface area contributed by atoms with Crippen LogP contribution in [0, 0.1) is 6.92 Å². The number of aryl methyl sites for hydroxylation is 1. The second-order valence-corrected chi connectivity index (χ2v) is 14.8. The van der Waals surface area contributed by atoms with Gasteiger partial charge in [-0.05, 0) is 104 Å². The Kier molecular flexibility index (Phi) is 15.9. The molecule has 6 aromatic heterocycles. The molecule has 0 unspecified atom stereocenters. The molecule has 17 nitrogen and oxygen atoms in total. The molecule has 2 fully saturated rings. The number of benzene rings is 2. The zero-order valence-corrected chi connectivity index (χ0v) is 35.2. The molecule has 8 heterocycles. The van der Waals surface area contributed by atoms with Crippen LogP contribution >= 0.6 is 0 Å². The van der Waals surface area contributed by atoms with Crippen LogP contribution in [-0.4, -0.2) is 97.8 Å². The van der Waals surface area contributed by atoms with Crippen molar-refractivity contribution in [3.05, 3.63) is 133 Å². The molecule has 0 bridgehead atoms. The van der Waals surface area contributed by atoms with Gasteiger partial charge in [-0.3, -0.25) is 9.97 Å². The third-order valence-corrected chi connectivity index (χ3v) is 10.3. The number of urea groups is 1. The van der Waals surface area contributed by atoms with E-state index >= 15 is 0 Å². The summed E-state index contributed by atoms with van der Waals surface area (Å²) in [4.78, 5) is 33.5. The van der Waals surface area contributed by atoms with E-state index in [4.69, 9.17) is 31.0 Å². The minimum absolute atomic E-state index is 0. The summed E-state index contributed by atoms with van der Waals surface area (Å²) >= 11 is 0. The van der Waals surface area contributed by atoms with E-state index in [1.807, 2.05) is 33.7 Å². The number of ether oxygens (including phenoxy) is 2. The first-order valence-electron chi connectivity index (χ1n) is 20.6. The molecule has 0 atom stereocenters. The predicted molar refractivity (Wildman–Crippen MR) is 256 cm³/mol. The lowest BCUT2D eigenvalue weighted by atomic mass is 10.2.